The Morgan fingerprint density at radius 2 is 2.33 bits per heavy atom. The minimum atomic E-state index is -0.480. The fraction of sp³-hybridized carbons (Fsp3) is 0.308. The van der Waals surface area contributed by atoms with Crippen LogP contribution < -0.4 is 5.32 Å². The lowest BCUT2D eigenvalue weighted by atomic mass is 10.1. The van der Waals surface area contributed by atoms with E-state index in [1.165, 1.54) is 12.1 Å². The van der Waals surface area contributed by atoms with Crippen molar-refractivity contribution in [2.75, 3.05) is 6.54 Å². The molecule has 0 aliphatic rings. The Balaban J connectivity index is 1.88. The van der Waals surface area contributed by atoms with Crippen molar-refractivity contribution < 1.29 is 9.18 Å². The highest BCUT2D eigenvalue weighted by atomic mass is 35.5. The van der Waals surface area contributed by atoms with E-state index in [9.17, 15) is 9.18 Å². The van der Waals surface area contributed by atoms with Crippen molar-refractivity contribution in [3.8, 4) is 0 Å². The van der Waals surface area contributed by atoms with Crippen LogP contribution in [0.3, 0.4) is 0 Å². The molecule has 2 aromatic rings. The smallest absolute Gasteiger partial charge is 0.224 e. The van der Waals surface area contributed by atoms with E-state index in [1.807, 2.05) is 0 Å². The molecule has 5 nitrogen and oxygen atoms in total. The van der Waals surface area contributed by atoms with Gasteiger partial charge in [0.2, 0.25) is 5.91 Å². The average Bonchev–Trinajstić information content (AvgIpc) is 2.75. The van der Waals surface area contributed by atoms with Crippen molar-refractivity contribution in [1.29, 1.82) is 0 Å². The van der Waals surface area contributed by atoms with E-state index < -0.39 is 5.82 Å². The van der Waals surface area contributed by atoms with Crippen LogP contribution in [0.15, 0.2) is 18.2 Å². The molecular formula is C13H14ClFN4OS. The highest BCUT2D eigenvalue weighted by Crippen LogP contribution is 2.19. The summed E-state index contributed by atoms with van der Waals surface area (Å²) >= 11 is 10.9. The normalized spacial score (nSPS) is 10.6. The van der Waals surface area contributed by atoms with Gasteiger partial charge >= 0.3 is 0 Å². The molecule has 0 aliphatic heterocycles. The second-order valence-corrected chi connectivity index (χ2v) is 5.27. The molecule has 1 heterocycles. The number of carbonyl (C=O) groups is 1. The number of benzene rings is 1. The summed E-state index contributed by atoms with van der Waals surface area (Å²) < 4.78 is 15.8. The summed E-state index contributed by atoms with van der Waals surface area (Å²) in [6.07, 6.45) is 0.435. The Kier molecular flexibility index (Phi) is 5.08. The first-order chi connectivity index (χ1) is 9.99. The molecule has 0 unspecified atom stereocenters. The number of halogens is 2. The molecule has 0 radical (unpaired) electrons. The molecule has 1 aromatic heterocycles. The minimum Gasteiger partial charge on any atom is -0.355 e. The number of hydrogen-bond acceptors (Lipinski definition) is 3. The Labute approximate surface area is 131 Å². The predicted octanol–water partition coefficient (Wildman–Crippen LogP) is 2.17. The number of aromatic amines is 1. The molecule has 1 amide bonds. The number of nitrogens with zero attached hydrogens (tertiary/aromatic N) is 2. The summed E-state index contributed by atoms with van der Waals surface area (Å²) in [4.78, 5) is 11.8. The summed E-state index contributed by atoms with van der Waals surface area (Å²) in [7, 11) is 1.79. The average molecular weight is 329 g/mol. The number of nitrogens with one attached hydrogen (secondary N) is 2. The van der Waals surface area contributed by atoms with Gasteiger partial charge in [-0.3, -0.25) is 9.89 Å². The number of carbonyl (C=O) groups excluding carboxylic acids is 1. The zero-order valence-electron chi connectivity index (χ0n) is 11.3. The van der Waals surface area contributed by atoms with Gasteiger partial charge in [-0.25, -0.2) is 4.39 Å². The number of hydrogen-bond donors (Lipinski definition) is 2. The maximum atomic E-state index is 13.6. The van der Waals surface area contributed by atoms with Gasteiger partial charge in [-0.15, -0.1) is 0 Å². The van der Waals surface area contributed by atoms with Gasteiger partial charge in [0.1, 0.15) is 11.6 Å². The Morgan fingerprint density at radius 3 is 2.95 bits per heavy atom. The summed E-state index contributed by atoms with van der Waals surface area (Å²) in [5.41, 5.74) is 0.204. The van der Waals surface area contributed by atoms with Gasteiger partial charge < -0.3 is 9.88 Å². The SMILES string of the molecule is Cn1c(CCNC(=O)Cc2c(F)cccc2Cl)n[nH]c1=S. The molecule has 0 saturated carbocycles. The van der Waals surface area contributed by atoms with E-state index in [2.05, 4.69) is 15.5 Å². The van der Waals surface area contributed by atoms with E-state index in [1.54, 1.807) is 17.7 Å². The third-order valence-electron chi connectivity index (χ3n) is 3.04. The van der Waals surface area contributed by atoms with Gasteiger partial charge in [0.15, 0.2) is 4.77 Å². The van der Waals surface area contributed by atoms with Crippen molar-refractivity contribution in [1.82, 2.24) is 20.1 Å². The minimum absolute atomic E-state index is 0.0928. The summed E-state index contributed by atoms with van der Waals surface area (Å²) in [5, 5.41) is 9.66. The van der Waals surface area contributed by atoms with Crippen LogP contribution in [-0.4, -0.2) is 27.2 Å². The van der Waals surface area contributed by atoms with E-state index in [0.29, 0.717) is 17.7 Å². The fourth-order valence-electron chi connectivity index (χ4n) is 1.84. The monoisotopic (exact) mass is 328 g/mol. The van der Waals surface area contributed by atoms with Crippen LogP contribution in [0.2, 0.25) is 5.02 Å². The van der Waals surface area contributed by atoms with Crippen LogP contribution >= 0.6 is 23.8 Å². The van der Waals surface area contributed by atoms with E-state index in [4.69, 9.17) is 23.8 Å². The molecule has 2 N–H and O–H groups in total. The van der Waals surface area contributed by atoms with Crippen molar-refractivity contribution in [3.63, 3.8) is 0 Å². The fourth-order valence-corrected chi connectivity index (χ4v) is 2.22. The molecule has 0 saturated heterocycles. The van der Waals surface area contributed by atoms with Crippen molar-refractivity contribution in [3.05, 3.63) is 45.2 Å². The van der Waals surface area contributed by atoms with Crippen LogP contribution in [0, 0.1) is 10.6 Å². The van der Waals surface area contributed by atoms with Gasteiger partial charge in [0.05, 0.1) is 6.42 Å². The molecule has 2 rings (SSSR count). The van der Waals surface area contributed by atoms with Crippen LogP contribution in [0.5, 0.6) is 0 Å². The standard InChI is InChI=1S/C13H14ClFN4OS/c1-19-11(17-18-13(19)21)5-6-16-12(20)7-8-9(14)3-2-4-10(8)15/h2-4H,5-7H2,1H3,(H,16,20)(H,18,21). The van der Waals surface area contributed by atoms with Gasteiger partial charge in [-0.05, 0) is 24.4 Å². The highest BCUT2D eigenvalue weighted by molar-refractivity contribution is 7.71. The van der Waals surface area contributed by atoms with E-state index in [0.717, 1.165) is 5.82 Å². The van der Waals surface area contributed by atoms with Crippen molar-refractivity contribution in [2.45, 2.75) is 12.8 Å². The van der Waals surface area contributed by atoms with E-state index in [-0.39, 0.29) is 22.9 Å². The lowest BCUT2D eigenvalue weighted by molar-refractivity contribution is -0.120. The van der Waals surface area contributed by atoms with Gasteiger partial charge in [0.25, 0.3) is 0 Å². The molecule has 0 bridgehead atoms. The zero-order chi connectivity index (χ0) is 15.4. The van der Waals surface area contributed by atoms with Crippen LogP contribution in [-0.2, 0) is 24.7 Å². The van der Waals surface area contributed by atoms with Crippen molar-refractivity contribution >= 4 is 29.7 Å². The van der Waals surface area contributed by atoms with Crippen molar-refractivity contribution in [2.24, 2.45) is 7.05 Å². The molecule has 0 aliphatic carbocycles. The number of rotatable bonds is 5. The number of H-pyrrole nitrogens is 1. The summed E-state index contributed by atoms with van der Waals surface area (Å²) in [6, 6.07) is 4.34. The quantitative estimate of drug-likeness (QED) is 0.827. The molecule has 112 valence electrons. The predicted molar refractivity (Wildman–Crippen MR) is 80.2 cm³/mol. The van der Waals surface area contributed by atoms with Gasteiger partial charge in [0, 0.05) is 30.6 Å². The van der Waals surface area contributed by atoms with Crippen LogP contribution in [0.1, 0.15) is 11.4 Å². The second-order valence-electron chi connectivity index (χ2n) is 4.48. The van der Waals surface area contributed by atoms with E-state index >= 15 is 0 Å². The zero-order valence-corrected chi connectivity index (χ0v) is 12.9. The Bertz CT molecular complexity index is 692. The molecular weight excluding hydrogens is 315 g/mol. The Hall–Kier alpha value is -1.73. The first-order valence-electron chi connectivity index (χ1n) is 6.29. The van der Waals surface area contributed by atoms with Gasteiger partial charge in [-0.2, -0.15) is 5.10 Å². The maximum Gasteiger partial charge on any atom is 0.224 e. The molecule has 1 aromatic carbocycles. The number of aromatic nitrogens is 3. The summed E-state index contributed by atoms with van der Waals surface area (Å²) in [6.45, 7) is 0.387. The maximum absolute atomic E-state index is 13.6. The third-order valence-corrected chi connectivity index (χ3v) is 3.76. The lowest BCUT2D eigenvalue weighted by Gasteiger charge is -2.07. The van der Waals surface area contributed by atoms with Crippen LogP contribution in [0.25, 0.3) is 0 Å². The Morgan fingerprint density at radius 1 is 1.57 bits per heavy atom. The van der Waals surface area contributed by atoms with Crippen LogP contribution in [0.4, 0.5) is 4.39 Å². The first-order valence-corrected chi connectivity index (χ1v) is 7.07. The highest BCUT2D eigenvalue weighted by Gasteiger charge is 2.11. The largest absolute Gasteiger partial charge is 0.355 e. The third kappa shape index (κ3) is 3.89. The molecule has 0 spiro atoms. The molecule has 0 atom stereocenters. The second kappa shape index (κ2) is 6.82. The topological polar surface area (TPSA) is 62.7 Å². The lowest BCUT2D eigenvalue weighted by Crippen LogP contribution is -2.28. The molecule has 21 heavy (non-hydrogen) atoms. The first kappa shape index (κ1) is 15.7. The molecule has 8 heteroatoms. The van der Waals surface area contributed by atoms with Gasteiger partial charge in [-0.1, -0.05) is 17.7 Å². The number of amides is 1. The summed E-state index contributed by atoms with van der Waals surface area (Å²) in [5.74, 6) is -0.0323. The molecule has 0 fully saturated rings.